The van der Waals surface area contributed by atoms with Gasteiger partial charge in [-0.25, -0.2) is 4.79 Å². The van der Waals surface area contributed by atoms with Gasteiger partial charge in [0.25, 0.3) is 0 Å². The average molecular weight is 214 g/mol. The van der Waals surface area contributed by atoms with Crippen molar-refractivity contribution in [3.8, 4) is 0 Å². The van der Waals surface area contributed by atoms with Crippen LogP contribution in [0.3, 0.4) is 0 Å². The Morgan fingerprint density at radius 2 is 1.93 bits per heavy atom. The van der Waals surface area contributed by atoms with Crippen LogP contribution in [0.5, 0.6) is 0 Å². The zero-order chi connectivity index (χ0) is 11.8. The molecule has 4 heteroatoms. The second-order valence-electron chi connectivity index (χ2n) is 5.60. The van der Waals surface area contributed by atoms with Gasteiger partial charge in [0, 0.05) is 17.6 Å². The Morgan fingerprint density at radius 3 is 2.20 bits per heavy atom. The van der Waals surface area contributed by atoms with Gasteiger partial charge in [-0.2, -0.15) is 0 Å². The first kappa shape index (κ1) is 12.3. The molecule has 0 spiro atoms. The Bertz CT molecular complexity index is 247. The van der Waals surface area contributed by atoms with Crippen LogP contribution in [0.2, 0.25) is 0 Å². The SMILES string of the molecule is C[C@@H]1C[C@H](N)C[C@@H]1N(C(=O)O)C(C)(C)C. The predicted molar refractivity (Wildman–Crippen MR) is 59.8 cm³/mol. The largest absolute Gasteiger partial charge is 0.465 e. The third-order valence-corrected chi connectivity index (χ3v) is 3.14. The van der Waals surface area contributed by atoms with Gasteiger partial charge in [0.2, 0.25) is 0 Å². The monoisotopic (exact) mass is 214 g/mol. The summed E-state index contributed by atoms with van der Waals surface area (Å²) < 4.78 is 0. The van der Waals surface area contributed by atoms with Gasteiger partial charge < -0.3 is 15.7 Å². The summed E-state index contributed by atoms with van der Waals surface area (Å²) in [6.45, 7) is 7.87. The van der Waals surface area contributed by atoms with Crippen LogP contribution in [0.1, 0.15) is 40.5 Å². The maximum absolute atomic E-state index is 11.3. The Balaban J connectivity index is 2.86. The van der Waals surface area contributed by atoms with Crippen molar-refractivity contribution in [2.75, 3.05) is 0 Å². The molecule has 3 N–H and O–H groups in total. The van der Waals surface area contributed by atoms with E-state index in [1.54, 1.807) is 4.90 Å². The summed E-state index contributed by atoms with van der Waals surface area (Å²) in [6.07, 6.45) is 0.864. The second kappa shape index (κ2) is 4.00. The van der Waals surface area contributed by atoms with Crippen molar-refractivity contribution in [2.24, 2.45) is 11.7 Å². The number of nitrogens with zero attached hydrogens (tertiary/aromatic N) is 1. The highest BCUT2D eigenvalue weighted by Gasteiger charge is 2.40. The predicted octanol–water partition coefficient (Wildman–Crippen LogP) is 1.89. The van der Waals surface area contributed by atoms with Gasteiger partial charge in [-0.05, 0) is 39.5 Å². The van der Waals surface area contributed by atoms with Crippen LogP contribution in [-0.2, 0) is 0 Å². The molecule has 0 aromatic rings. The molecule has 1 fully saturated rings. The van der Waals surface area contributed by atoms with Crippen LogP contribution in [0, 0.1) is 5.92 Å². The van der Waals surface area contributed by atoms with E-state index in [1.807, 2.05) is 20.8 Å². The number of carboxylic acid groups (broad SMARTS) is 1. The quantitative estimate of drug-likeness (QED) is 0.700. The van der Waals surface area contributed by atoms with E-state index in [1.165, 1.54) is 0 Å². The lowest BCUT2D eigenvalue weighted by molar-refractivity contribution is 0.0593. The normalized spacial score (nSPS) is 31.7. The molecule has 1 amide bonds. The fourth-order valence-electron chi connectivity index (χ4n) is 2.56. The molecule has 0 heterocycles. The Kier molecular flexibility index (Phi) is 3.28. The van der Waals surface area contributed by atoms with E-state index in [4.69, 9.17) is 5.73 Å². The van der Waals surface area contributed by atoms with Crippen molar-refractivity contribution >= 4 is 6.09 Å². The third kappa shape index (κ3) is 2.62. The second-order valence-corrected chi connectivity index (χ2v) is 5.60. The highest BCUT2D eigenvalue weighted by Crippen LogP contribution is 2.33. The van der Waals surface area contributed by atoms with Gasteiger partial charge in [-0.1, -0.05) is 6.92 Å². The fraction of sp³-hybridized carbons (Fsp3) is 0.909. The molecule has 0 bridgehead atoms. The molecule has 1 aliphatic carbocycles. The number of amides is 1. The van der Waals surface area contributed by atoms with E-state index in [2.05, 4.69) is 6.92 Å². The summed E-state index contributed by atoms with van der Waals surface area (Å²) in [5, 5.41) is 9.26. The molecule has 0 aromatic heterocycles. The van der Waals surface area contributed by atoms with Crippen LogP contribution in [0.15, 0.2) is 0 Å². The Labute approximate surface area is 91.4 Å². The topological polar surface area (TPSA) is 66.6 Å². The molecule has 1 aliphatic rings. The van der Waals surface area contributed by atoms with Gasteiger partial charge in [-0.3, -0.25) is 0 Å². The first-order chi connectivity index (χ1) is 6.73. The third-order valence-electron chi connectivity index (χ3n) is 3.14. The van der Waals surface area contributed by atoms with E-state index in [0.29, 0.717) is 5.92 Å². The minimum atomic E-state index is -0.839. The average Bonchev–Trinajstić information content (AvgIpc) is 2.26. The lowest BCUT2D eigenvalue weighted by atomic mass is 9.98. The summed E-state index contributed by atoms with van der Waals surface area (Å²) in [5.74, 6) is 0.357. The van der Waals surface area contributed by atoms with Gasteiger partial charge in [0.15, 0.2) is 0 Å². The minimum absolute atomic E-state index is 0.0671. The summed E-state index contributed by atoms with van der Waals surface area (Å²) in [7, 11) is 0. The summed E-state index contributed by atoms with van der Waals surface area (Å²) in [6, 6.07) is 0.215. The standard InChI is InChI=1S/C11H22N2O2/c1-7-5-8(12)6-9(7)13(10(14)15)11(2,3)4/h7-9H,5-6,12H2,1-4H3,(H,14,15)/t7-,8+,9+/m1/s1. The molecule has 88 valence electrons. The number of carbonyl (C=O) groups is 1. The molecule has 0 radical (unpaired) electrons. The van der Waals surface area contributed by atoms with Crippen molar-refractivity contribution < 1.29 is 9.90 Å². The first-order valence-electron chi connectivity index (χ1n) is 5.51. The van der Waals surface area contributed by atoms with E-state index in [9.17, 15) is 9.90 Å². The van der Waals surface area contributed by atoms with E-state index < -0.39 is 6.09 Å². The fourth-order valence-corrected chi connectivity index (χ4v) is 2.56. The molecule has 4 nitrogen and oxygen atoms in total. The minimum Gasteiger partial charge on any atom is -0.465 e. The zero-order valence-electron chi connectivity index (χ0n) is 10.0. The van der Waals surface area contributed by atoms with E-state index in [0.717, 1.165) is 12.8 Å². The van der Waals surface area contributed by atoms with Gasteiger partial charge in [0.05, 0.1) is 0 Å². The van der Waals surface area contributed by atoms with Crippen molar-refractivity contribution in [1.29, 1.82) is 0 Å². The Hall–Kier alpha value is -0.770. The lowest BCUT2D eigenvalue weighted by Gasteiger charge is -2.39. The van der Waals surface area contributed by atoms with Crippen LogP contribution < -0.4 is 5.73 Å². The van der Waals surface area contributed by atoms with Crippen LogP contribution in [-0.4, -0.2) is 33.7 Å². The van der Waals surface area contributed by atoms with Crippen LogP contribution in [0.4, 0.5) is 4.79 Å². The summed E-state index contributed by atoms with van der Waals surface area (Å²) in [4.78, 5) is 12.8. The first-order valence-corrected chi connectivity index (χ1v) is 5.51. The smallest absolute Gasteiger partial charge is 0.407 e. The van der Waals surface area contributed by atoms with Crippen molar-refractivity contribution in [3.63, 3.8) is 0 Å². The van der Waals surface area contributed by atoms with Crippen LogP contribution >= 0.6 is 0 Å². The Morgan fingerprint density at radius 1 is 1.40 bits per heavy atom. The van der Waals surface area contributed by atoms with Gasteiger partial charge >= 0.3 is 6.09 Å². The molecule has 1 rings (SSSR count). The van der Waals surface area contributed by atoms with Crippen molar-refractivity contribution in [1.82, 2.24) is 4.90 Å². The highest BCUT2D eigenvalue weighted by molar-refractivity contribution is 5.66. The number of nitrogens with two attached hydrogens (primary N) is 1. The van der Waals surface area contributed by atoms with Crippen molar-refractivity contribution in [3.05, 3.63) is 0 Å². The molecular weight excluding hydrogens is 192 g/mol. The molecular formula is C11H22N2O2. The number of rotatable bonds is 1. The molecule has 15 heavy (non-hydrogen) atoms. The maximum atomic E-state index is 11.3. The summed E-state index contributed by atoms with van der Waals surface area (Å²) in [5.41, 5.74) is 5.52. The van der Waals surface area contributed by atoms with Gasteiger partial charge in [-0.15, -0.1) is 0 Å². The van der Waals surface area contributed by atoms with Crippen LogP contribution in [0.25, 0.3) is 0 Å². The summed E-state index contributed by atoms with van der Waals surface area (Å²) >= 11 is 0. The molecule has 1 saturated carbocycles. The highest BCUT2D eigenvalue weighted by atomic mass is 16.4. The molecule has 0 saturated heterocycles. The molecule has 0 aromatic carbocycles. The molecule has 0 unspecified atom stereocenters. The molecule has 3 atom stereocenters. The zero-order valence-corrected chi connectivity index (χ0v) is 10.0. The number of hydrogen-bond acceptors (Lipinski definition) is 2. The van der Waals surface area contributed by atoms with Gasteiger partial charge in [0.1, 0.15) is 0 Å². The lowest BCUT2D eigenvalue weighted by Crippen LogP contribution is -2.52. The number of hydrogen-bond donors (Lipinski definition) is 2. The van der Waals surface area contributed by atoms with Crippen molar-refractivity contribution in [2.45, 2.75) is 58.2 Å². The van der Waals surface area contributed by atoms with E-state index in [-0.39, 0.29) is 17.6 Å². The molecule has 0 aliphatic heterocycles. The van der Waals surface area contributed by atoms with E-state index >= 15 is 0 Å². The maximum Gasteiger partial charge on any atom is 0.407 e.